The quantitative estimate of drug-likeness (QED) is 0.211. The Morgan fingerprint density at radius 1 is 1.04 bits per heavy atom. The minimum absolute atomic E-state index is 0.602. The van der Waals surface area contributed by atoms with Crippen molar-refractivity contribution in [3.8, 4) is 0 Å². The summed E-state index contributed by atoms with van der Waals surface area (Å²) < 4.78 is 6.67. The molecular formula is C25H42OSi. The van der Waals surface area contributed by atoms with Crippen molar-refractivity contribution in [2.75, 3.05) is 0 Å². The lowest BCUT2D eigenvalue weighted by Crippen LogP contribution is -2.47. The Morgan fingerprint density at radius 3 is 2.15 bits per heavy atom. The van der Waals surface area contributed by atoms with E-state index in [-0.39, 0.29) is 0 Å². The van der Waals surface area contributed by atoms with Gasteiger partial charge in [0.25, 0.3) is 8.32 Å². The predicted octanol–water partition coefficient (Wildman–Crippen LogP) is 8.36. The molecule has 1 nitrogen and oxygen atoms in total. The zero-order valence-electron chi connectivity index (χ0n) is 19.1. The topological polar surface area (TPSA) is 9.23 Å². The SMILES string of the molecule is C=C(CCC/C(C)=C\Cc1cccc(C)c1)O[Si](C(C)C)(C(C)C)C(C)C. The fraction of sp³-hybridized carbons (Fsp3) is 0.600. The van der Waals surface area contributed by atoms with Gasteiger partial charge in [-0.25, -0.2) is 0 Å². The van der Waals surface area contributed by atoms with Crippen LogP contribution >= 0.6 is 0 Å². The molecule has 152 valence electrons. The van der Waals surface area contributed by atoms with Crippen molar-refractivity contribution < 1.29 is 4.43 Å². The Bertz CT molecular complexity index is 603. The highest BCUT2D eigenvalue weighted by Crippen LogP contribution is 2.43. The summed E-state index contributed by atoms with van der Waals surface area (Å²) in [6.45, 7) is 22.7. The van der Waals surface area contributed by atoms with Gasteiger partial charge in [-0.2, -0.15) is 0 Å². The molecule has 0 spiro atoms. The van der Waals surface area contributed by atoms with Crippen LogP contribution in [0.15, 0.2) is 48.3 Å². The first-order chi connectivity index (χ1) is 12.6. The van der Waals surface area contributed by atoms with E-state index < -0.39 is 8.32 Å². The summed E-state index contributed by atoms with van der Waals surface area (Å²) in [7, 11) is -1.85. The molecule has 1 rings (SSSR count). The Hall–Kier alpha value is -1.28. The number of hydrogen-bond donors (Lipinski definition) is 0. The number of benzene rings is 1. The lowest BCUT2D eigenvalue weighted by atomic mass is 10.0. The van der Waals surface area contributed by atoms with E-state index in [0.29, 0.717) is 16.6 Å². The number of rotatable bonds is 11. The molecule has 1 aromatic carbocycles. The lowest BCUT2D eigenvalue weighted by molar-refractivity contribution is 0.354. The van der Waals surface area contributed by atoms with Gasteiger partial charge in [-0.3, -0.25) is 0 Å². The first-order valence-corrected chi connectivity index (χ1v) is 12.8. The molecule has 27 heavy (non-hydrogen) atoms. The van der Waals surface area contributed by atoms with E-state index in [0.717, 1.165) is 31.4 Å². The van der Waals surface area contributed by atoms with Gasteiger partial charge < -0.3 is 4.43 Å². The van der Waals surface area contributed by atoms with Crippen LogP contribution in [0.1, 0.15) is 78.9 Å². The summed E-state index contributed by atoms with van der Waals surface area (Å²) in [4.78, 5) is 0. The molecule has 0 bridgehead atoms. The van der Waals surface area contributed by atoms with E-state index in [1.807, 2.05) is 0 Å². The molecule has 0 aliphatic heterocycles. The van der Waals surface area contributed by atoms with Crippen LogP contribution < -0.4 is 0 Å². The van der Waals surface area contributed by atoms with Crippen LogP contribution in [-0.4, -0.2) is 8.32 Å². The molecule has 0 saturated carbocycles. The maximum atomic E-state index is 6.67. The zero-order valence-corrected chi connectivity index (χ0v) is 20.1. The van der Waals surface area contributed by atoms with Crippen molar-refractivity contribution in [3.05, 3.63) is 59.4 Å². The fourth-order valence-corrected chi connectivity index (χ4v) is 9.76. The number of allylic oxidation sites excluding steroid dienone is 3. The molecule has 0 amide bonds. The summed E-state index contributed by atoms with van der Waals surface area (Å²) in [6.07, 6.45) is 6.60. The third-order valence-electron chi connectivity index (χ3n) is 5.82. The molecule has 0 unspecified atom stereocenters. The van der Waals surface area contributed by atoms with Crippen molar-refractivity contribution in [1.82, 2.24) is 0 Å². The van der Waals surface area contributed by atoms with E-state index in [4.69, 9.17) is 4.43 Å². The second-order valence-corrected chi connectivity index (χ2v) is 14.4. The van der Waals surface area contributed by atoms with Crippen LogP contribution in [0.5, 0.6) is 0 Å². The van der Waals surface area contributed by atoms with E-state index in [2.05, 4.69) is 92.3 Å². The standard InChI is InChI=1S/C25H42OSi/c1-19(2)27(20(3)4,21(5)6)26-24(9)14-10-12-22(7)16-17-25-15-11-13-23(8)18-25/h11,13,15-16,18-21H,9-10,12,14,17H2,1-8H3/b22-16-. The second-order valence-electron chi connectivity index (χ2n) is 9.06. The van der Waals surface area contributed by atoms with Gasteiger partial charge in [-0.05, 0) is 55.3 Å². The molecule has 0 N–H and O–H groups in total. The van der Waals surface area contributed by atoms with E-state index in [1.165, 1.54) is 16.7 Å². The van der Waals surface area contributed by atoms with Gasteiger partial charge in [0.2, 0.25) is 0 Å². The average Bonchev–Trinajstić information content (AvgIpc) is 2.57. The first-order valence-electron chi connectivity index (χ1n) is 10.7. The molecule has 0 saturated heterocycles. The summed E-state index contributed by atoms with van der Waals surface area (Å²) in [5.41, 5.74) is 5.99. The Morgan fingerprint density at radius 2 is 1.63 bits per heavy atom. The molecule has 0 fully saturated rings. The summed E-state index contributed by atoms with van der Waals surface area (Å²) in [5, 5.41) is 0. The summed E-state index contributed by atoms with van der Waals surface area (Å²) >= 11 is 0. The van der Waals surface area contributed by atoms with Crippen LogP contribution in [0.2, 0.25) is 16.6 Å². The predicted molar refractivity (Wildman–Crippen MR) is 124 cm³/mol. The molecule has 0 heterocycles. The van der Waals surface area contributed by atoms with Gasteiger partial charge in [0.1, 0.15) is 0 Å². The number of aryl methyl sites for hydroxylation is 1. The summed E-state index contributed by atoms with van der Waals surface area (Å²) in [6, 6.07) is 8.78. The minimum Gasteiger partial charge on any atom is -0.546 e. The Balaban J connectivity index is 2.54. The van der Waals surface area contributed by atoms with Crippen LogP contribution in [-0.2, 0) is 10.8 Å². The third kappa shape index (κ3) is 6.99. The van der Waals surface area contributed by atoms with E-state index in [1.54, 1.807) is 0 Å². The van der Waals surface area contributed by atoms with Crippen molar-refractivity contribution in [2.24, 2.45) is 0 Å². The Kier molecular flexibility index (Phi) is 9.59. The zero-order chi connectivity index (χ0) is 20.6. The van der Waals surface area contributed by atoms with Crippen LogP contribution in [0.3, 0.4) is 0 Å². The van der Waals surface area contributed by atoms with Crippen LogP contribution in [0.25, 0.3) is 0 Å². The highest BCUT2D eigenvalue weighted by molar-refractivity contribution is 6.77. The van der Waals surface area contributed by atoms with Gasteiger partial charge in [0, 0.05) is 6.42 Å². The third-order valence-corrected chi connectivity index (χ3v) is 11.9. The molecular weight excluding hydrogens is 344 g/mol. The highest BCUT2D eigenvalue weighted by atomic mass is 28.4. The molecule has 0 aromatic heterocycles. The van der Waals surface area contributed by atoms with Gasteiger partial charge in [0.15, 0.2) is 0 Å². The van der Waals surface area contributed by atoms with Gasteiger partial charge in [-0.1, -0.05) is 89.6 Å². The monoisotopic (exact) mass is 386 g/mol. The normalized spacial score (nSPS) is 12.9. The smallest absolute Gasteiger partial charge is 0.258 e. The molecule has 0 atom stereocenters. The molecule has 1 aromatic rings. The Labute approximate surface area is 170 Å². The van der Waals surface area contributed by atoms with Gasteiger partial charge >= 0.3 is 0 Å². The van der Waals surface area contributed by atoms with Gasteiger partial charge in [-0.15, -0.1) is 0 Å². The lowest BCUT2D eigenvalue weighted by Gasteiger charge is -2.42. The first kappa shape index (κ1) is 23.8. The minimum atomic E-state index is -1.85. The molecule has 0 radical (unpaired) electrons. The van der Waals surface area contributed by atoms with E-state index >= 15 is 0 Å². The largest absolute Gasteiger partial charge is 0.546 e. The average molecular weight is 387 g/mol. The van der Waals surface area contributed by atoms with Crippen LogP contribution in [0.4, 0.5) is 0 Å². The maximum absolute atomic E-state index is 6.67. The fourth-order valence-electron chi connectivity index (χ4n) is 4.45. The van der Waals surface area contributed by atoms with Crippen LogP contribution in [0, 0.1) is 6.92 Å². The maximum Gasteiger partial charge on any atom is 0.258 e. The number of hydrogen-bond acceptors (Lipinski definition) is 1. The van der Waals surface area contributed by atoms with Crippen molar-refractivity contribution in [3.63, 3.8) is 0 Å². The second kappa shape index (κ2) is 10.9. The van der Waals surface area contributed by atoms with Crippen molar-refractivity contribution >= 4 is 8.32 Å². The van der Waals surface area contributed by atoms with Crippen molar-refractivity contribution in [2.45, 2.75) is 97.7 Å². The molecule has 0 aliphatic rings. The molecule has 2 heteroatoms. The van der Waals surface area contributed by atoms with Crippen molar-refractivity contribution in [1.29, 1.82) is 0 Å². The molecule has 0 aliphatic carbocycles. The van der Waals surface area contributed by atoms with Gasteiger partial charge in [0.05, 0.1) is 5.76 Å². The summed E-state index contributed by atoms with van der Waals surface area (Å²) in [5.74, 6) is 1.00. The highest BCUT2D eigenvalue weighted by Gasteiger charge is 2.46. The van der Waals surface area contributed by atoms with E-state index in [9.17, 15) is 0 Å².